The molecule has 0 aromatic heterocycles. The van der Waals surface area contributed by atoms with Crippen LogP contribution in [0, 0.1) is 5.92 Å². The lowest BCUT2D eigenvalue weighted by molar-refractivity contribution is -0.117. The number of para-hydroxylation sites is 1. The van der Waals surface area contributed by atoms with E-state index < -0.39 is 10.0 Å². The highest BCUT2D eigenvalue weighted by molar-refractivity contribution is 7.92. The van der Waals surface area contributed by atoms with Gasteiger partial charge in [-0.05, 0) is 66.8 Å². The summed E-state index contributed by atoms with van der Waals surface area (Å²) >= 11 is 0. The van der Waals surface area contributed by atoms with Crippen molar-refractivity contribution in [2.75, 3.05) is 10.0 Å². The van der Waals surface area contributed by atoms with Crippen LogP contribution in [0.1, 0.15) is 37.8 Å². The maximum absolute atomic E-state index is 12.7. The summed E-state index contributed by atoms with van der Waals surface area (Å²) in [4.78, 5) is 12.8. The lowest BCUT2D eigenvalue weighted by Crippen LogP contribution is -2.19. The van der Waals surface area contributed by atoms with Crippen LogP contribution in [0.5, 0.6) is 0 Å². The number of carbonyl (C=O) groups excluding carboxylic acids is 1. The molecule has 0 saturated heterocycles. The molecule has 0 aliphatic heterocycles. The zero-order valence-corrected chi connectivity index (χ0v) is 18.8. The molecule has 1 amide bonds. The summed E-state index contributed by atoms with van der Waals surface area (Å²) in [6, 6.07) is 23.0. The van der Waals surface area contributed by atoms with Crippen LogP contribution in [0.25, 0.3) is 0 Å². The molecule has 0 heterocycles. The van der Waals surface area contributed by atoms with E-state index >= 15 is 0 Å². The van der Waals surface area contributed by atoms with Crippen LogP contribution in [0.2, 0.25) is 0 Å². The minimum Gasteiger partial charge on any atom is -0.326 e. The van der Waals surface area contributed by atoms with Gasteiger partial charge in [0.15, 0.2) is 0 Å². The molecule has 0 bridgehead atoms. The van der Waals surface area contributed by atoms with Gasteiger partial charge in [0.2, 0.25) is 5.91 Å². The molecule has 5 nitrogen and oxygen atoms in total. The van der Waals surface area contributed by atoms with Gasteiger partial charge in [-0.2, -0.15) is 0 Å². The number of hydrogen-bond donors (Lipinski definition) is 2. The van der Waals surface area contributed by atoms with Crippen LogP contribution in [0.4, 0.5) is 11.4 Å². The molecule has 0 radical (unpaired) electrons. The molecule has 3 aromatic rings. The van der Waals surface area contributed by atoms with Crippen LogP contribution in [-0.4, -0.2) is 14.3 Å². The van der Waals surface area contributed by atoms with Gasteiger partial charge in [-0.3, -0.25) is 9.52 Å². The molecule has 3 rings (SSSR count). The second-order valence-corrected chi connectivity index (χ2v) is 9.73. The minimum atomic E-state index is -3.69. The zero-order valence-electron chi connectivity index (χ0n) is 18.0. The Kier molecular flexibility index (Phi) is 7.13. The van der Waals surface area contributed by atoms with Gasteiger partial charge in [-0.25, -0.2) is 8.42 Å². The van der Waals surface area contributed by atoms with Gasteiger partial charge in [0.1, 0.15) is 0 Å². The fraction of sp³-hybridized carbons (Fsp3) is 0.240. The third-order valence-corrected chi connectivity index (χ3v) is 6.37. The third-order valence-electron chi connectivity index (χ3n) is 4.98. The average Bonchev–Trinajstić information content (AvgIpc) is 2.74. The number of sulfonamides is 1. The van der Waals surface area contributed by atoms with Gasteiger partial charge < -0.3 is 5.32 Å². The van der Waals surface area contributed by atoms with Crippen LogP contribution in [0.15, 0.2) is 83.8 Å². The van der Waals surface area contributed by atoms with Crippen molar-refractivity contribution in [1.82, 2.24) is 0 Å². The van der Waals surface area contributed by atoms with Crippen molar-refractivity contribution in [3.63, 3.8) is 0 Å². The molecule has 0 aliphatic rings. The van der Waals surface area contributed by atoms with Gasteiger partial charge in [0.05, 0.1) is 10.8 Å². The van der Waals surface area contributed by atoms with E-state index in [1.165, 1.54) is 17.7 Å². The molecular weight excluding hydrogens is 408 g/mol. The monoisotopic (exact) mass is 436 g/mol. The molecular formula is C25H28N2O3S. The molecule has 3 aromatic carbocycles. The summed E-state index contributed by atoms with van der Waals surface area (Å²) in [5, 5.41) is 2.86. The Hall–Kier alpha value is -3.12. The molecule has 0 fully saturated rings. The Bertz CT molecular complexity index is 1110. The van der Waals surface area contributed by atoms with Crippen molar-refractivity contribution < 1.29 is 13.2 Å². The molecule has 1 unspecified atom stereocenters. The van der Waals surface area contributed by atoms with E-state index in [-0.39, 0.29) is 16.7 Å². The first-order valence-corrected chi connectivity index (χ1v) is 11.8. The predicted molar refractivity (Wildman–Crippen MR) is 126 cm³/mol. The Morgan fingerprint density at radius 1 is 0.806 bits per heavy atom. The molecule has 0 aliphatic carbocycles. The standard InChI is InChI=1S/C25H28N2O3S/c1-18(2)17-20-9-11-21(12-10-20)19(3)25(28)26-22-13-15-24(16-14-22)31(29,30)27-23-7-5-4-6-8-23/h4-16,18-19,27H,17H2,1-3H3,(H,26,28). The summed E-state index contributed by atoms with van der Waals surface area (Å²) in [6.45, 7) is 6.21. The highest BCUT2D eigenvalue weighted by atomic mass is 32.2. The molecule has 1 atom stereocenters. The van der Waals surface area contributed by atoms with E-state index in [2.05, 4.69) is 36.0 Å². The normalized spacial score (nSPS) is 12.4. The van der Waals surface area contributed by atoms with Crippen molar-refractivity contribution in [3.05, 3.63) is 90.0 Å². The van der Waals surface area contributed by atoms with Crippen molar-refractivity contribution in [1.29, 1.82) is 0 Å². The fourth-order valence-corrected chi connectivity index (χ4v) is 4.31. The molecule has 0 saturated carbocycles. The number of amides is 1. The van der Waals surface area contributed by atoms with Crippen LogP contribution < -0.4 is 10.0 Å². The van der Waals surface area contributed by atoms with E-state index in [0.717, 1.165) is 12.0 Å². The summed E-state index contributed by atoms with van der Waals surface area (Å²) in [5.41, 5.74) is 3.24. The summed E-state index contributed by atoms with van der Waals surface area (Å²) in [7, 11) is -3.69. The highest BCUT2D eigenvalue weighted by Gasteiger charge is 2.17. The molecule has 0 spiro atoms. The second-order valence-electron chi connectivity index (χ2n) is 8.05. The highest BCUT2D eigenvalue weighted by Crippen LogP contribution is 2.22. The predicted octanol–water partition coefficient (Wildman–Crippen LogP) is 5.43. The van der Waals surface area contributed by atoms with Crippen molar-refractivity contribution in [2.45, 2.75) is 38.0 Å². The topological polar surface area (TPSA) is 75.3 Å². The summed E-state index contributed by atoms with van der Waals surface area (Å²) in [5.74, 6) is 0.118. The second kappa shape index (κ2) is 9.79. The molecule has 31 heavy (non-hydrogen) atoms. The largest absolute Gasteiger partial charge is 0.326 e. The first-order chi connectivity index (χ1) is 14.7. The first-order valence-electron chi connectivity index (χ1n) is 10.3. The minimum absolute atomic E-state index is 0.128. The maximum Gasteiger partial charge on any atom is 0.261 e. The fourth-order valence-electron chi connectivity index (χ4n) is 3.25. The lowest BCUT2D eigenvalue weighted by Gasteiger charge is -2.14. The number of hydrogen-bond acceptors (Lipinski definition) is 3. The van der Waals surface area contributed by atoms with E-state index in [1.807, 2.05) is 25.1 Å². The Morgan fingerprint density at radius 2 is 1.42 bits per heavy atom. The Labute approximate surface area is 184 Å². The molecule has 162 valence electrons. The third kappa shape index (κ3) is 6.18. The SMILES string of the molecule is CC(C)Cc1ccc(C(C)C(=O)Nc2ccc(S(=O)(=O)Nc3ccccc3)cc2)cc1. The smallest absolute Gasteiger partial charge is 0.261 e. The van der Waals surface area contributed by atoms with Gasteiger partial charge in [-0.1, -0.05) is 56.3 Å². The summed E-state index contributed by atoms with van der Waals surface area (Å²) in [6.07, 6.45) is 1.01. The quantitative estimate of drug-likeness (QED) is 0.494. The van der Waals surface area contributed by atoms with Crippen LogP contribution in [-0.2, 0) is 21.2 Å². The Morgan fingerprint density at radius 3 is 2.00 bits per heavy atom. The molecule has 6 heteroatoms. The van der Waals surface area contributed by atoms with Crippen LogP contribution >= 0.6 is 0 Å². The van der Waals surface area contributed by atoms with E-state index in [0.29, 0.717) is 17.3 Å². The van der Waals surface area contributed by atoms with Gasteiger partial charge in [0, 0.05) is 11.4 Å². The van der Waals surface area contributed by atoms with Crippen molar-refractivity contribution in [2.24, 2.45) is 5.92 Å². The number of rotatable bonds is 8. The van der Waals surface area contributed by atoms with Crippen LogP contribution in [0.3, 0.4) is 0 Å². The van der Waals surface area contributed by atoms with Gasteiger partial charge >= 0.3 is 0 Å². The lowest BCUT2D eigenvalue weighted by atomic mass is 9.96. The first kappa shape index (κ1) is 22.6. The van der Waals surface area contributed by atoms with Gasteiger partial charge in [0.25, 0.3) is 10.0 Å². The summed E-state index contributed by atoms with van der Waals surface area (Å²) < 4.78 is 27.6. The van der Waals surface area contributed by atoms with Crippen molar-refractivity contribution in [3.8, 4) is 0 Å². The van der Waals surface area contributed by atoms with E-state index in [4.69, 9.17) is 0 Å². The van der Waals surface area contributed by atoms with Crippen molar-refractivity contribution >= 4 is 27.3 Å². The zero-order chi connectivity index (χ0) is 22.4. The number of nitrogens with one attached hydrogen (secondary N) is 2. The maximum atomic E-state index is 12.7. The van der Waals surface area contributed by atoms with E-state index in [9.17, 15) is 13.2 Å². The number of carbonyl (C=O) groups is 1. The number of benzene rings is 3. The van der Waals surface area contributed by atoms with E-state index in [1.54, 1.807) is 36.4 Å². The Balaban J connectivity index is 1.64. The van der Waals surface area contributed by atoms with Gasteiger partial charge in [-0.15, -0.1) is 0 Å². The molecule has 2 N–H and O–H groups in total. The average molecular weight is 437 g/mol. The number of anilines is 2.